The van der Waals surface area contributed by atoms with Crippen molar-refractivity contribution < 1.29 is 14.7 Å². The van der Waals surface area contributed by atoms with Gasteiger partial charge < -0.3 is 20.2 Å². The van der Waals surface area contributed by atoms with Crippen LogP contribution in [0.25, 0.3) is 0 Å². The molecule has 9 heteroatoms. The number of benzene rings is 2. The number of aromatic hydroxyl groups is 1. The van der Waals surface area contributed by atoms with Crippen LogP contribution in [0.3, 0.4) is 0 Å². The lowest BCUT2D eigenvalue weighted by atomic mass is 10.1. The number of carbonyl (C=O) groups is 2. The standard InChI is InChI=1S/C23H26Cl2N4O3/c24-20-6-3-18(13-21(20)25)28-9-11-29(12-10-28)22(31)15-27-8-7-16(14-27)23(32)26-17-1-4-19(30)5-2-17/h1-6,13,16,30H,7-12,14-15H2,(H,26,32). The van der Waals surface area contributed by atoms with E-state index in [1.54, 1.807) is 18.2 Å². The Hall–Kier alpha value is -2.48. The number of phenols is 1. The highest BCUT2D eigenvalue weighted by Gasteiger charge is 2.31. The van der Waals surface area contributed by atoms with Crippen LogP contribution >= 0.6 is 23.2 Å². The molecule has 0 bridgehead atoms. The highest BCUT2D eigenvalue weighted by Crippen LogP contribution is 2.28. The van der Waals surface area contributed by atoms with Crippen molar-refractivity contribution in [2.45, 2.75) is 6.42 Å². The molecule has 0 aliphatic carbocycles. The maximum atomic E-state index is 12.8. The monoisotopic (exact) mass is 476 g/mol. The summed E-state index contributed by atoms with van der Waals surface area (Å²) in [6.45, 7) is 4.40. The van der Waals surface area contributed by atoms with Gasteiger partial charge in [0.05, 0.1) is 22.5 Å². The predicted molar refractivity (Wildman–Crippen MR) is 127 cm³/mol. The van der Waals surface area contributed by atoms with E-state index < -0.39 is 0 Å². The van der Waals surface area contributed by atoms with Crippen molar-refractivity contribution in [2.75, 3.05) is 56.0 Å². The molecule has 1 unspecified atom stereocenters. The molecule has 0 aromatic heterocycles. The van der Waals surface area contributed by atoms with E-state index >= 15 is 0 Å². The molecule has 0 spiro atoms. The second-order valence-electron chi connectivity index (χ2n) is 8.22. The van der Waals surface area contributed by atoms with E-state index in [0.29, 0.717) is 41.9 Å². The molecule has 32 heavy (non-hydrogen) atoms. The maximum Gasteiger partial charge on any atom is 0.236 e. The van der Waals surface area contributed by atoms with Gasteiger partial charge in [-0.1, -0.05) is 23.2 Å². The molecule has 1 atom stereocenters. The summed E-state index contributed by atoms with van der Waals surface area (Å²) >= 11 is 12.1. The van der Waals surface area contributed by atoms with E-state index in [-0.39, 0.29) is 23.5 Å². The van der Waals surface area contributed by atoms with Gasteiger partial charge in [0.15, 0.2) is 0 Å². The van der Waals surface area contributed by atoms with Crippen molar-refractivity contribution in [2.24, 2.45) is 5.92 Å². The van der Waals surface area contributed by atoms with Crippen LogP contribution in [0.15, 0.2) is 42.5 Å². The van der Waals surface area contributed by atoms with Crippen LogP contribution in [0.1, 0.15) is 6.42 Å². The minimum atomic E-state index is -0.150. The van der Waals surface area contributed by atoms with Crippen molar-refractivity contribution in [1.29, 1.82) is 0 Å². The largest absolute Gasteiger partial charge is 0.508 e. The number of carbonyl (C=O) groups excluding carboxylic acids is 2. The van der Waals surface area contributed by atoms with Gasteiger partial charge in [0, 0.05) is 44.1 Å². The van der Waals surface area contributed by atoms with Crippen molar-refractivity contribution in [3.8, 4) is 5.75 Å². The maximum absolute atomic E-state index is 12.8. The normalized spacial score (nSPS) is 19.2. The summed E-state index contributed by atoms with van der Waals surface area (Å²) in [5, 5.41) is 13.3. The van der Waals surface area contributed by atoms with Gasteiger partial charge in [-0.2, -0.15) is 0 Å². The Morgan fingerprint density at radius 3 is 2.38 bits per heavy atom. The van der Waals surface area contributed by atoms with Gasteiger partial charge >= 0.3 is 0 Å². The smallest absolute Gasteiger partial charge is 0.236 e. The van der Waals surface area contributed by atoms with Gasteiger partial charge in [-0.3, -0.25) is 14.5 Å². The zero-order valence-corrected chi connectivity index (χ0v) is 19.1. The molecule has 0 saturated carbocycles. The van der Waals surface area contributed by atoms with Crippen LogP contribution in [-0.2, 0) is 9.59 Å². The number of piperazine rings is 1. The van der Waals surface area contributed by atoms with Gasteiger partial charge in [0.2, 0.25) is 11.8 Å². The Morgan fingerprint density at radius 1 is 0.969 bits per heavy atom. The van der Waals surface area contributed by atoms with E-state index in [1.807, 2.05) is 17.0 Å². The lowest BCUT2D eigenvalue weighted by Crippen LogP contribution is -2.51. The lowest BCUT2D eigenvalue weighted by Gasteiger charge is -2.36. The van der Waals surface area contributed by atoms with Crippen LogP contribution in [0.4, 0.5) is 11.4 Å². The van der Waals surface area contributed by atoms with E-state index in [1.165, 1.54) is 12.1 Å². The summed E-state index contributed by atoms with van der Waals surface area (Å²) in [5.74, 6) is 0.0497. The fourth-order valence-electron chi connectivity index (χ4n) is 4.17. The first-order valence-electron chi connectivity index (χ1n) is 10.7. The van der Waals surface area contributed by atoms with Crippen molar-refractivity contribution in [1.82, 2.24) is 9.80 Å². The summed E-state index contributed by atoms with van der Waals surface area (Å²) < 4.78 is 0. The average Bonchev–Trinajstić information content (AvgIpc) is 3.26. The predicted octanol–water partition coefficient (Wildman–Crippen LogP) is 3.31. The summed E-state index contributed by atoms with van der Waals surface area (Å²) in [4.78, 5) is 31.5. The molecular weight excluding hydrogens is 451 g/mol. The second kappa shape index (κ2) is 9.98. The molecule has 2 amide bonds. The Bertz CT molecular complexity index is 978. The molecule has 2 aliphatic heterocycles. The summed E-state index contributed by atoms with van der Waals surface area (Å²) in [6.07, 6.45) is 0.725. The number of nitrogens with zero attached hydrogens (tertiary/aromatic N) is 3. The Morgan fingerprint density at radius 2 is 1.69 bits per heavy atom. The second-order valence-corrected chi connectivity index (χ2v) is 9.04. The van der Waals surface area contributed by atoms with Gasteiger partial charge in [-0.05, 0) is 55.4 Å². The number of nitrogens with one attached hydrogen (secondary N) is 1. The van der Waals surface area contributed by atoms with Gasteiger partial charge in [0.1, 0.15) is 5.75 Å². The molecule has 2 aliphatic rings. The zero-order chi connectivity index (χ0) is 22.7. The summed E-state index contributed by atoms with van der Waals surface area (Å²) in [5.41, 5.74) is 1.66. The molecule has 7 nitrogen and oxygen atoms in total. The van der Waals surface area contributed by atoms with Crippen LogP contribution in [0.2, 0.25) is 10.0 Å². The number of hydrogen-bond donors (Lipinski definition) is 2. The van der Waals surface area contributed by atoms with E-state index in [2.05, 4.69) is 15.1 Å². The molecule has 2 N–H and O–H groups in total. The van der Waals surface area contributed by atoms with E-state index in [4.69, 9.17) is 23.2 Å². The minimum absolute atomic E-state index is 0.0547. The molecule has 2 saturated heterocycles. The van der Waals surface area contributed by atoms with Crippen molar-refractivity contribution >= 4 is 46.4 Å². The Labute approximate surface area is 197 Å². The quantitative estimate of drug-likeness (QED) is 0.647. The third-order valence-electron chi connectivity index (χ3n) is 6.04. The third kappa shape index (κ3) is 5.46. The first-order chi connectivity index (χ1) is 15.4. The van der Waals surface area contributed by atoms with Crippen LogP contribution in [0, 0.1) is 5.92 Å². The average molecular weight is 477 g/mol. The molecule has 4 rings (SSSR count). The van der Waals surface area contributed by atoms with Gasteiger partial charge in [0.25, 0.3) is 0 Å². The number of amides is 2. The number of hydrogen-bond acceptors (Lipinski definition) is 5. The Kier molecular flexibility index (Phi) is 7.08. The van der Waals surface area contributed by atoms with Crippen molar-refractivity contribution in [3.05, 3.63) is 52.5 Å². The molecule has 2 heterocycles. The fourth-order valence-corrected chi connectivity index (χ4v) is 4.46. The van der Waals surface area contributed by atoms with Gasteiger partial charge in [-0.25, -0.2) is 0 Å². The van der Waals surface area contributed by atoms with Crippen molar-refractivity contribution in [3.63, 3.8) is 0 Å². The fraction of sp³-hybridized carbons (Fsp3) is 0.391. The summed E-state index contributed by atoms with van der Waals surface area (Å²) in [6, 6.07) is 12.0. The van der Waals surface area contributed by atoms with E-state index in [0.717, 1.165) is 31.7 Å². The molecule has 2 aromatic rings. The van der Waals surface area contributed by atoms with E-state index in [9.17, 15) is 14.7 Å². The van der Waals surface area contributed by atoms with Crippen LogP contribution < -0.4 is 10.2 Å². The SMILES string of the molecule is O=C(Nc1ccc(O)cc1)C1CCN(CC(=O)N2CCN(c3ccc(Cl)c(Cl)c3)CC2)C1. The highest BCUT2D eigenvalue weighted by atomic mass is 35.5. The number of halogens is 2. The lowest BCUT2D eigenvalue weighted by molar-refractivity contribution is -0.132. The van der Waals surface area contributed by atoms with Gasteiger partial charge in [-0.15, -0.1) is 0 Å². The molecule has 2 fully saturated rings. The first-order valence-corrected chi connectivity index (χ1v) is 11.4. The van der Waals surface area contributed by atoms with Crippen LogP contribution in [0.5, 0.6) is 5.75 Å². The third-order valence-corrected chi connectivity index (χ3v) is 6.78. The van der Waals surface area contributed by atoms with Crippen LogP contribution in [-0.4, -0.2) is 72.5 Å². The number of rotatable bonds is 5. The topological polar surface area (TPSA) is 76.1 Å². The Balaban J connectivity index is 1.23. The molecule has 170 valence electrons. The molecule has 2 aromatic carbocycles. The zero-order valence-electron chi connectivity index (χ0n) is 17.6. The minimum Gasteiger partial charge on any atom is -0.508 e. The molecule has 0 radical (unpaired) electrons. The number of anilines is 2. The summed E-state index contributed by atoms with van der Waals surface area (Å²) in [7, 11) is 0. The number of likely N-dealkylation sites (tertiary alicyclic amines) is 1. The first kappa shape index (κ1) is 22.7. The number of phenolic OH excluding ortho intramolecular Hbond substituents is 1. The molecular formula is C23H26Cl2N4O3. The highest BCUT2D eigenvalue weighted by molar-refractivity contribution is 6.42.